The van der Waals surface area contributed by atoms with Crippen molar-refractivity contribution in [1.82, 2.24) is 4.57 Å². The summed E-state index contributed by atoms with van der Waals surface area (Å²) in [6.45, 7) is 9.50. The van der Waals surface area contributed by atoms with Crippen LogP contribution in [0.3, 0.4) is 0 Å². The number of halogens is 1. The normalized spacial score (nSPS) is 11.5. The number of aryl methyl sites for hydroxylation is 1. The van der Waals surface area contributed by atoms with Crippen molar-refractivity contribution in [3.63, 3.8) is 0 Å². The lowest BCUT2D eigenvalue weighted by atomic mass is 10.1. The summed E-state index contributed by atoms with van der Waals surface area (Å²) in [7, 11) is 0. The zero-order valence-electron chi connectivity index (χ0n) is 16.7. The number of aromatic nitrogens is 1. The van der Waals surface area contributed by atoms with Gasteiger partial charge in [0.05, 0.1) is 0 Å². The molecule has 0 bridgehead atoms. The van der Waals surface area contributed by atoms with Crippen LogP contribution < -0.4 is 0 Å². The van der Waals surface area contributed by atoms with E-state index in [1.165, 1.54) is 0 Å². The molecule has 148 valence electrons. The fourth-order valence-corrected chi connectivity index (χ4v) is 3.67. The van der Waals surface area contributed by atoms with E-state index >= 15 is 0 Å². The first-order chi connectivity index (χ1) is 13.3. The molecule has 0 saturated heterocycles. The monoisotopic (exact) mass is 416 g/mol. The second-order valence-electron chi connectivity index (χ2n) is 6.94. The lowest BCUT2D eigenvalue weighted by molar-refractivity contribution is -0.137. The van der Waals surface area contributed by atoms with Crippen molar-refractivity contribution >= 4 is 35.4 Å². The van der Waals surface area contributed by atoms with Gasteiger partial charge in [-0.2, -0.15) is 5.26 Å². The van der Waals surface area contributed by atoms with E-state index in [0.717, 1.165) is 28.4 Å². The number of hydrogen-bond donors (Lipinski definition) is 0. The summed E-state index contributed by atoms with van der Waals surface area (Å²) in [4.78, 5) is 13.3. The van der Waals surface area contributed by atoms with Crippen molar-refractivity contribution < 1.29 is 9.53 Å². The van der Waals surface area contributed by atoms with Crippen LogP contribution in [0.2, 0.25) is 5.02 Å². The molecule has 0 amide bonds. The Bertz CT molecular complexity index is 892. The van der Waals surface area contributed by atoms with Gasteiger partial charge in [0.25, 0.3) is 0 Å². The summed E-state index contributed by atoms with van der Waals surface area (Å²) in [5.41, 5.74) is 3.05. The van der Waals surface area contributed by atoms with Crippen molar-refractivity contribution in [2.45, 2.75) is 39.1 Å². The molecule has 1 aromatic carbocycles. The van der Waals surface area contributed by atoms with Crippen LogP contribution in [0.25, 0.3) is 6.08 Å². The number of benzene rings is 1. The molecule has 2 aromatic rings. The number of hydrogen-bond acceptors (Lipinski definition) is 4. The Morgan fingerprint density at radius 1 is 1.32 bits per heavy atom. The number of esters is 1. The van der Waals surface area contributed by atoms with Gasteiger partial charge >= 0.3 is 5.97 Å². The van der Waals surface area contributed by atoms with E-state index in [-0.39, 0.29) is 12.2 Å². The molecule has 0 aliphatic heterocycles. The van der Waals surface area contributed by atoms with E-state index in [1.807, 2.05) is 50.2 Å². The Balaban J connectivity index is 1.97. The fourth-order valence-electron chi connectivity index (χ4n) is 2.81. The average Bonchev–Trinajstić information content (AvgIpc) is 2.91. The minimum atomic E-state index is -0.590. The quantitative estimate of drug-likeness (QED) is 0.183. The number of rotatable bonds is 8. The van der Waals surface area contributed by atoms with E-state index < -0.39 is 5.97 Å². The molecule has 0 atom stereocenters. The molecular formula is C22H25ClN2O2S. The molecule has 0 fully saturated rings. The predicted molar refractivity (Wildman–Crippen MR) is 115 cm³/mol. The molecule has 2 rings (SSSR count). The number of nitrogens with zero attached hydrogens (tertiary/aromatic N) is 2. The molecule has 28 heavy (non-hydrogen) atoms. The van der Waals surface area contributed by atoms with Gasteiger partial charge in [0, 0.05) is 33.6 Å². The minimum Gasteiger partial charge on any atom is -0.461 e. The highest BCUT2D eigenvalue weighted by Crippen LogP contribution is 2.21. The van der Waals surface area contributed by atoms with Gasteiger partial charge in [0.1, 0.15) is 18.2 Å². The molecular weight excluding hydrogens is 392 g/mol. The van der Waals surface area contributed by atoms with Crippen molar-refractivity contribution in [3.05, 3.63) is 57.9 Å². The third-order valence-electron chi connectivity index (χ3n) is 4.20. The first-order valence-electron chi connectivity index (χ1n) is 9.15. The van der Waals surface area contributed by atoms with Gasteiger partial charge in [-0.1, -0.05) is 25.4 Å². The van der Waals surface area contributed by atoms with E-state index in [9.17, 15) is 10.1 Å². The average molecular weight is 417 g/mol. The number of nitriles is 1. The zero-order valence-corrected chi connectivity index (χ0v) is 18.2. The first-order valence-corrected chi connectivity index (χ1v) is 10.5. The number of ether oxygens (including phenoxy) is 1. The van der Waals surface area contributed by atoms with Crippen LogP contribution in [-0.2, 0) is 16.1 Å². The molecule has 1 heterocycles. The first kappa shape index (κ1) is 22.1. The summed E-state index contributed by atoms with van der Waals surface area (Å²) >= 11 is 7.43. The highest BCUT2D eigenvalue weighted by molar-refractivity contribution is 7.99. The maximum atomic E-state index is 12.3. The van der Waals surface area contributed by atoms with Crippen molar-refractivity contribution in [3.8, 4) is 6.07 Å². The maximum Gasteiger partial charge on any atom is 0.348 e. The largest absolute Gasteiger partial charge is 0.461 e. The maximum absolute atomic E-state index is 12.3. The van der Waals surface area contributed by atoms with Gasteiger partial charge in [-0.15, -0.1) is 11.8 Å². The van der Waals surface area contributed by atoms with Gasteiger partial charge < -0.3 is 9.30 Å². The summed E-state index contributed by atoms with van der Waals surface area (Å²) in [6, 6.07) is 11.4. The molecule has 0 aliphatic rings. The molecule has 1 aromatic heterocycles. The minimum absolute atomic E-state index is 0.0151. The van der Waals surface area contributed by atoms with E-state index in [0.29, 0.717) is 16.7 Å². The second-order valence-corrected chi connectivity index (χ2v) is 8.54. The lowest BCUT2D eigenvalue weighted by Gasteiger charge is -2.12. The zero-order chi connectivity index (χ0) is 20.7. The van der Waals surface area contributed by atoms with Gasteiger partial charge in [0.15, 0.2) is 0 Å². The Morgan fingerprint density at radius 3 is 2.61 bits per heavy atom. The Morgan fingerprint density at radius 2 is 2.00 bits per heavy atom. The SMILES string of the molecule is Cc1cc(/C=C(\C#N)C(=O)OCCSc2ccc(Cl)cc2)c(C)n1CC(C)C. The van der Waals surface area contributed by atoms with Crippen LogP contribution in [0.1, 0.15) is 30.8 Å². The molecule has 0 aliphatic carbocycles. The van der Waals surface area contributed by atoms with E-state index in [1.54, 1.807) is 17.8 Å². The number of carbonyl (C=O) groups is 1. The Labute approximate surface area is 176 Å². The smallest absolute Gasteiger partial charge is 0.348 e. The standard InChI is InChI=1S/C22H25ClN2O2S/c1-15(2)14-25-16(3)11-18(17(25)4)12-19(13-24)22(26)27-9-10-28-21-7-5-20(23)6-8-21/h5-8,11-12,15H,9-10,14H2,1-4H3/b19-12+. The van der Waals surface area contributed by atoms with E-state index in [2.05, 4.69) is 18.4 Å². The molecule has 0 saturated carbocycles. The fraction of sp³-hybridized carbons (Fsp3) is 0.364. The summed E-state index contributed by atoms with van der Waals surface area (Å²) in [5.74, 6) is 0.530. The molecule has 4 nitrogen and oxygen atoms in total. The number of carbonyl (C=O) groups excluding carboxylic acids is 1. The van der Waals surface area contributed by atoms with Crippen molar-refractivity contribution in [2.75, 3.05) is 12.4 Å². The molecule has 0 unspecified atom stereocenters. The Kier molecular flexibility index (Phi) is 8.22. The topological polar surface area (TPSA) is 55.0 Å². The van der Waals surface area contributed by atoms with Crippen LogP contribution in [0.4, 0.5) is 0 Å². The highest BCUT2D eigenvalue weighted by atomic mass is 35.5. The second kappa shape index (κ2) is 10.4. The summed E-state index contributed by atoms with van der Waals surface area (Å²) in [5, 5.41) is 10.1. The van der Waals surface area contributed by atoms with Crippen LogP contribution >= 0.6 is 23.4 Å². The highest BCUT2D eigenvalue weighted by Gasteiger charge is 2.14. The Hall–Kier alpha value is -2.16. The van der Waals surface area contributed by atoms with Crippen LogP contribution in [-0.4, -0.2) is 22.9 Å². The van der Waals surface area contributed by atoms with Gasteiger partial charge in [-0.3, -0.25) is 0 Å². The van der Waals surface area contributed by atoms with Crippen molar-refractivity contribution in [1.29, 1.82) is 5.26 Å². The third kappa shape index (κ3) is 6.19. The van der Waals surface area contributed by atoms with Gasteiger partial charge in [-0.05, 0) is 61.7 Å². The number of thioether (sulfide) groups is 1. The van der Waals surface area contributed by atoms with Crippen LogP contribution in [0.15, 0.2) is 40.8 Å². The predicted octanol–water partition coefficient (Wildman–Crippen LogP) is 5.66. The summed E-state index contributed by atoms with van der Waals surface area (Å²) in [6.07, 6.45) is 1.62. The summed E-state index contributed by atoms with van der Waals surface area (Å²) < 4.78 is 7.48. The molecule has 0 N–H and O–H groups in total. The third-order valence-corrected chi connectivity index (χ3v) is 5.43. The molecule has 6 heteroatoms. The lowest BCUT2D eigenvalue weighted by Crippen LogP contribution is -2.09. The van der Waals surface area contributed by atoms with Crippen molar-refractivity contribution in [2.24, 2.45) is 5.92 Å². The van der Waals surface area contributed by atoms with Crippen LogP contribution in [0.5, 0.6) is 0 Å². The van der Waals surface area contributed by atoms with Gasteiger partial charge in [0.2, 0.25) is 0 Å². The van der Waals surface area contributed by atoms with Crippen LogP contribution in [0, 0.1) is 31.1 Å². The molecule has 0 spiro atoms. The molecule has 0 radical (unpaired) electrons. The van der Waals surface area contributed by atoms with E-state index in [4.69, 9.17) is 16.3 Å². The van der Waals surface area contributed by atoms with Gasteiger partial charge in [-0.25, -0.2) is 4.79 Å².